The van der Waals surface area contributed by atoms with Gasteiger partial charge in [-0.1, -0.05) is 37.8 Å². The number of methoxy groups -OCH3 is 1. The molecule has 0 spiro atoms. The molecule has 3 rings (SSSR count). The van der Waals surface area contributed by atoms with Crippen LogP contribution in [-0.4, -0.2) is 17.3 Å². The van der Waals surface area contributed by atoms with E-state index in [0.717, 1.165) is 16.9 Å². The van der Waals surface area contributed by atoms with Crippen LogP contribution in [0.3, 0.4) is 0 Å². The molecule has 1 heterocycles. The van der Waals surface area contributed by atoms with Crippen molar-refractivity contribution in [1.82, 2.24) is 10.2 Å². The molecule has 1 aromatic carbocycles. The largest absolute Gasteiger partial charge is 0.497 e. The van der Waals surface area contributed by atoms with E-state index in [-0.39, 0.29) is 0 Å². The predicted octanol–water partition coefficient (Wildman–Crippen LogP) is 4.11. The van der Waals surface area contributed by atoms with E-state index in [4.69, 9.17) is 10.5 Å². The molecule has 0 bridgehead atoms. The van der Waals surface area contributed by atoms with E-state index in [1.807, 2.05) is 12.1 Å². The van der Waals surface area contributed by atoms with E-state index in [1.54, 1.807) is 7.11 Å². The number of nitrogen functional groups attached to an aromatic ring is 1. The normalized spacial score (nSPS) is 16.6. The van der Waals surface area contributed by atoms with Crippen molar-refractivity contribution in [2.75, 3.05) is 12.8 Å². The van der Waals surface area contributed by atoms with E-state index >= 15 is 0 Å². The van der Waals surface area contributed by atoms with E-state index in [0.29, 0.717) is 11.7 Å². The molecule has 0 amide bonds. The number of rotatable bonds is 3. The highest BCUT2D eigenvalue weighted by Crippen LogP contribution is 2.38. The molecule has 0 unspecified atom stereocenters. The number of benzene rings is 1. The Balaban J connectivity index is 1.95. The maximum absolute atomic E-state index is 6.12. The second-order valence-corrected chi connectivity index (χ2v) is 5.81. The molecular weight excluding hydrogens is 262 g/mol. The zero-order valence-corrected chi connectivity index (χ0v) is 12.6. The number of hydrogen-bond donors (Lipinski definition) is 2. The minimum absolute atomic E-state index is 0.550. The average molecular weight is 285 g/mol. The molecule has 112 valence electrons. The van der Waals surface area contributed by atoms with Crippen LogP contribution in [0.4, 0.5) is 5.82 Å². The highest BCUT2D eigenvalue weighted by molar-refractivity contribution is 5.77. The first-order valence-corrected chi connectivity index (χ1v) is 7.77. The predicted molar refractivity (Wildman–Crippen MR) is 85.4 cm³/mol. The van der Waals surface area contributed by atoms with Crippen LogP contribution < -0.4 is 10.5 Å². The van der Waals surface area contributed by atoms with Crippen LogP contribution in [-0.2, 0) is 0 Å². The first-order chi connectivity index (χ1) is 10.3. The molecule has 0 radical (unpaired) electrons. The number of ether oxygens (including phenoxy) is 1. The molecular formula is C17H23N3O. The molecule has 1 aliphatic carbocycles. The van der Waals surface area contributed by atoms with E-state index in [9.17, 15) is 0 Å². The molecule has 1 aliphatic rings. The van der Waals surface area contributed by atoms with Gasteiger partial charge in [-0.05, 0) is 30.5 Å². The van der Waals surface area contributed by atoms with Gasteiger partial charge in [0.25, 0.3) is 0 Å². The summed E-state index contributed by atoms with van der Waals surface area (Å²) in [5.41, 5.74) is 9.51. The topological polar surface area (TPSA) is 63.9 Å². The number of H-pyrrole nitrogens is 1. The van der Waals surface area contributed by atoms with Crippen molar-refractivity contribution in [1.29, 1.82) is 0 Å². The summed E-state index contributed by atoms with van der Waals surface area (Å²) in [6.07, 6.45) is 7.74. The number of nitrogens with one attached hydrogen (secondary N) is 1. The number of hydrogen-bond acceptors (Lipinski definition) is 3. The summed E-state index contributed by atoms with van der Waals surface area (Å²) in [6.45, 7) is 0. The van der Waals surface area contributed by atoms with Gasteiger partial charge in [0.05, 0.1) is 7.11 Å². The van der Waals surface area contributed by atoms with Gasteiger partial charge in [0.15, 0.2) is 5.82 Å². The third-order valence-corrected chi connectivity index (χ3v) is 4.46. The SMILES string of the molecule is COc1ccc(-c2c(N)n[nH]c2C2CCCCCC2)cc1. The summed E-state index contributed by atoms with van der Waals surface area (Å²) in [4.78, 5) is 0. The Hall–Kier alpha value is -1.97. The standard InChI is InChI=1S/C17H23N3O/c1-21-14-10-8-12(9-11-14)15-16(19-20-17(15)18)13-6-4-2-3-5-7-13/h8-11,13H,2-7H2,1H3,(H3,18,19,20). The van der Waals surface area contributed by atoms with Gasteiger partial charge in [0, 0.05) is 17.2 Å². The summed E-state index contributed by atoms with van der Waals surface area (Å²) in [7, 11) is 1.68. The van der Waals surface area contributed by atoms with Crippen molar-refractivity contribution < 1.29 is 4.74 Å². The molecule has 1 aromatic heterocycles. The zero-order valence-electron chi connectivity index (χ0n) is 12.6. The highest BCUT2D eigenvalue weighted by atomic mass is 16.5. The Bertz CT molecular complexity index is 581. The lowest BCUT2D eigenvalue weighted by Gasteiger charge is -2.15. The minimum atomic E-state index is 0.550. The first-order valence-electron chi connectivity index (χ1n) is 7.77. The zero-order chi connectivity index (χ0) is 14.7. The van der Waals surface area contributed by atoms with Gasteiger partial charge in [-0.25, -0.2) is 0 Å². The number of nitrogens with two attached hydrogens (primary N) is 1. The maximum Gasteiger partial charge on any atom is 0.153 e. The fraction of sp³-hybridized carbons (Fsp3) is 0.471. The van der Waals surface area contributed by atoms with E-state index in [1.165, 1.54) is 44.2 Å². The summed E-state index contributed by atoms with van der Waals surface area (Å²) in [6, 6.07) is 8.05. The van der Waals surface area contributed by atoms with Crippen molar-refractivity contribution in [3.8, 4) is 16.9 Å². The number of anilines is 1. The molecule has 0 aliphatic heterocycles. The Morgan fingerprint density at radius 1 is 1.10 bits per heavy atom. The molecule has 0 saturated heterocycles. The van der Waals surface area contributed by atoms with Crippen molar-refractivity contribution in [3.63, 3.8) is 0 Å². The van der Waals surface area contributed by atoms with Crippen molar-refractivity contribution >= 4 is 5.82 Å². The van der Waals surface area contributed by atoms with Crippen LogP contribution in [0.15, 0.2) is 24.3 Å². The Labute approximate surface area is 125 Å². The van der Waals surface area contributed by atoms with Gasteiger partial charge in [0.2, 0.25) is 0 Å². The Morgan fingerprint density at radius 3 is 2.38 bits per heavy atom. The van der Waals surface area contributed by atoms with Gasteiger partial charge in [-0.2, -0.15) is 5.10 Å². The molecule has 4 heteroatoms. The highest BCUT2D eigenvalue weighted by Gasteiger charge is 2.22. The van der Waals surface area contributed by atoms with Crippen LogP contribution in [0, 0.1) is 0 Å². The molecule has 0 atom stereocenters. The second-order valence-electron chi connectivity index (χ2n) is 5.81. The fourth-order valence-electron chi connectivity index (χ4n) is 3.29. The van der Waals surface area contributed by atoms with Crippen molar-refractivity contribution in [3.05, 3.63) is 30.0 Å². The van der Waals surface area contributed by atoms with Crippen LogP contribution in [0.2, 0.25) is 0 Å². The second kappa shape index (κ2) is 6.20. The van der Waals surface area contributed by atoms with Gasteiger partial charge in [-0.3, -0.25) is 5.10 Å². The molecule has 3 N–H and O–H groups in total. The van der Waals surface area contributed by atoms with Crippen molar-refractivity contribution in [2.24, 2.45) is 0 Å². The summed E-state index contributed by atoms with van der Waals surface area (Å²) >= 11 is 0. The smallest absolute Gasteiger partial charge is 0.153 e. The molecule has 4 nitrogen and oxygen atoms in total. The lowest BCUT2D eigenvalue weighted by molar-refractivity contribution is 0.415. The Morgan fingerprint density at radius 2 is 1.76 bits per heavy atom. The third-order valence-electron chi connectivity index (χ3n) is 4.46. The quantitative estimate of drug-likeness (QED) is 0.834. The maximum atomic E-state index is 6.12. The van der Waals surface area contributed by atoms with Gasteiger partial charge < -0.3 is 10.5 Å². The van der Waals surface area contributed by atoms with Crippen LogP contribution in [0.1, 0.15) is 50.1 Å². The first kappa shape index (κ1) is 14.0. The monoisotopic (exact) mass is 285 g/mol. The molecule has 1 saturated carbocycles. The molecule has 1 fully saturated rings. The van der Waals surface area contributed by atoms with Gasteiger partial charge in [0.1, 0.15) is 5.75 Å². The van der Waals surface area contributed by atoms with Crippen LogP contribution in [0.5, 0.6) is 5.75 Å². The number of aromatic amines is 1. The summed E-state index contributed by atoms with van der Waals surface area (Å²) in [5, 5.41) is 7.46. The molecule has 21 heavy (non-hydrogen) atoms. The third kappa shape index (κ3) is 2.89. The van der Waals surface area contributed by atoms with Crippen LogP contribution >= 0.6 is 0 Å². The average Bonchev–Trinajstić information content (AvgIpc) is 2.74. The van der Waals surface area contributed by atoms with E-state index in [2.05, 4.69) is 22.3 Å². The lowest BCUT2D eigenvalue weighted by Crippen LogP contribution is -2.00. The summed E-state index contributed by atoms with van der Waals surface area (Å²) < 4.78 is 5.23. The molecule has 2 aromatic rings. The van der Waals surface area contributed by atoms with E-state index < -0.39 is 0 Å². The Kier molecular flexibility index (Phi) is 4.13. The van der Waals surface area contributed by atoms with Crippen molar-refractivity contribution in [2.45, 2.75) is 44.4 Å². The number of nitrogens with zero attached hydrogens (tertiary/aromatic N) is 1. The lowest BCUT2D eigenvalue weighted by atomic mass is 9.91. The fourth-order valence-corrected chi connectivity index (χ4v) is 3.29. The van der Waals surface area contributed by atoms with Gasteiger partial charge >= 0.3 is 0 Å². The number of aromatic nitrogens is 2. The minimum Gasteiger partial charge on any atom is -0.497 e. The van der Waals surface area contributed by atoms with Gasteiger partial charge in [-0.15, -0.1) is 0 Å². The summed E-state index contributed by atoms with van der Waals surface area (Å²) in [5.74, 6) is 2.01. The van der Waals surface area contributed by atoms with Crippen LogP contribution in [0.25, 0.3) is 11.1 Å².